The Balaban J connectivity index is 0.00000102. The molecular formula is C17H32N2O3. The Bertz CT molecular complexity index is 377. The number of hydrogen-bond donors (Lipinski definition) is 2. The maximum atomic E-state index is 8.36. The van der Waals surface area contributed by atoms with Gasteiger partial charge in [-0.25, -0.2) is 4.98 Å². The molecule has 1 saturated heterocycles. The first kappa shape index (κ1) is 20.6. The number of hydrogen-bond acceptors (Lipinski definition) is 4. The van der Waals surface area contributed by atoms with E-state index < -0.39 is 0 Å². The van der Waals surface area contributed by atoms with Crippen LogP contribution in [-0.2, 0) is 4.79 Å². The van der Waals surface area contributed by atoms with Crippen LogP contribution in [0.4, 0.5) is 0 Å². The van der Waals surface area contributed by atoms with Crippen LogP contribution in [0.2, 0.25) is 0 Å². The zero-order valence-electron chi connectivity index (χ0n) is 13.3. The number of carbonyl (C=O) groups is 1. The minimum Gasteiger partial charge on any atom is -0.483 e. The summed E-state index contributed by atoms with van der Waals surface area (Å²) in [4.78, 5) is 12.7. The topological polar surface area (TPSA) is 75.4 Å². The summed E-state index contributed by atoms with van der Waals surface area (Å²) < 4.78 is 5.50. The van der Waals surface area contributed by atoms with Crippen LogP contribution < -0.4 is 5.32 Å². The normalized spacial score (nSPS) is 23.5. The predicted molar refractivity (Wildman–Crippen MR) is 89.0 cm³/mol. The molecule has 22 heavy (non-hydrogen) atoms. The maximum Gasteiger partial charge on any atom is 0.290 e. The Morgan fingerprint density at radius 1 is 1.50 bits per heavy atom. The van der Waals surface area contributed by atoms with E-state index in [4.69, 9.17) is 14.3 Å². The molecule has 1 unspecified atom stereocenters. The minimum absolute atomic E-state index is 0. The smallest absolute Gasteiger partial charge is 0.290 e. The number of nitrogens with one attached hydrogen (secondary N) is 1. The molecule has 2 N–H and O–H groups in total. The summed E-state index contributed by atoms with van der Waals surface area (Å²) in [6.45, 7) is 6.60. The maximum absolute atomic E-state index is 8.36. The van der Waals surface area contributed by atoms with Crippen LogP contribution >= 0.6 is 0 Å². The average molecular weight is 312 g/mol. The second-order valence-corrected chi connectivity index (χ2v) is 5.75. The standard InChI is InChI=1S/C15H26N2O.CH2O2.CH4/c1-4-12(5-2)6-7-14-13(10-11(3)17-14)15-16-8-9-18-15;2-1-3;/h8-9,11-14,17H,4-7,10H2,1-3H3;1H,(H,2,3);1H4/t11-,13+,14?;;/m0../s1. The van der Waals surface area contributed by atoms with Crippen molar-refractivity contribution in [3.05, 3.63) is 18.4 Å². The molecule has 0 saturated carbocycles. The van der Waals surface area contributed by atoms with Crippen molar-refractivity contribution in [2.45, 2.75) is 78.3 Å². The molecule has 2 rings (SSSR count). The SMILES string of the molecule is C.CCC(CC)CCC1N[C@@H](C)C[C@H]1c1ncco1.O=CO. The molecule has 0 radical (unpaired) electrons. The largest absolute Gasteiger partial charge is 0.483 e. The molecule has 1 aromatic heterocycles. The first-order chi connectivity index (χ1) is 10.2. The molecule has 3 atom stereocenters. The van der Waals surface area contributed by atoms with Gasteiger partial charge in [-0.2, -0.15) is 0 Å². The van der Waals surface area contributed by atoms with E-state index in [9.17, 15) is 0 Å². The minimum atomic E-state index is -0.250. The van der Waals surface area contributed by atoms with Crippen LogP contribution in [0, 0.1) is 5.92 Å². The Morgan fingerprint density at radius 2 is 2.14 bits per heavy atom. The highest BCUT2D eigenvalue weighted by atomic mass is 16.3. The number of carboxylic acid groups (broad SMARTS) is 1. The van der Waals surface area contributed by atoms with Crippen LogP contribution in [0.3, 0.4) is 0 Å². The van der Waals surface area contributed by atoms with Crippen LogP contribution in [0.5, 0.6) is 0 Å². The van der Waals surface area contributed by atoms with Gasteiger partial charge in [0.15, 0.2) is 5.89 Å². The predicted octanol–water partition coefficient (Wildman–Crippen LogP) is 4.06. The molecule has 5 heteroatoms. The van der Waals surface area contributed by atoms with E-state index in [1.165, 1.54) is 25.7 Å². The van der Waals surface area contributed by atoms with E-state index in [0.717, 1.165) is 18.2 Å². The highest BCUT2D eigenvalue weighted by Crippen LogP contribution is 2.33. The summed E-state index contributed by atoms with van der Waals surface area (Å²) in [5.74, 6) is 2.25. The van der Waals surface area contributed by atoms with Crippen molar-refractivity contribution >= 4 is 6.47 Å². The van der Waals surface area contributed by atoms with Gasteiger partial charge in [-0.15, -0.1) is 0 Å². The summed E-state index contributed by atoms with van der Waals surface area (Å²) in [5, 5.41) is 10.6. The Kier molecular flexibility index (Phi) is 10.5. The van der Waals surface area contributed by atoms with E-state index in [-0.39, 0.29) is 13.9 Å². The van der Waals surface area contributed by atoms with Crippen molar-refractivity contribution in [3.8, 4) is 0 Å². The van der Waals surface area contributed by atoms with Crippen molar-refractivity contribution in [1.82, 2.24) is 10.3 Å². The van der Waals surface area contributed by atoms with Gasteiger partial charge in [-0.3, -0.25) is 4.79 Å². The highest BCUT2D eigenvalue weighted by Gasteiger charge is 2.35. The summed E-state index contributed by atoms with van der Waals surface area (Å²) in [6, 6.07) is 1.12. The van der Waals surface area contributed by atoms with Gasteiger partial charge in [0.05, 0.1) is 12.1 Å². The number of rotatable bonds is 6. The van der Waals surface area contributed by atoms with Crippen molar-refractivity contribution in [2.75, 3.05) is 0 Å². The third kappa shape index (κ3) is 6.18. The van der Waals surface area contributed by atoms with E-state index in [1.807, 2.05) is 0 Å². The lowest BCUT2D eigenvalue weighted by Gasteiger charge is -2.20. The number of aromatic nitrogens is 1. The van der Waals surface area contributed by atoms with E-state index in [1.54, 1.807) is 12.5 Å². The first-order valence-corrected chi connectivity index (χ1v) is 7.89. The second-order valence-electron chi connectivity index (χ2n) is 5.75. The zero-order valence-corrected chi connectivity index (χ0v) is 13.3. The summed E-state index contributed by atoms with van der Waals surface area (Å²) in [5.41, 5.74) is 0. The quantitative estimate of drug-likeness (QED) is 0.775. The Hall–Kier alpha value is -1.36. The van der Waals surface area contributed by atoms with Gasteiger partial charge in [0, 0.05) is 12.1 Å². The van der Waals surface area contributed by atoms with Crippen LogP contribution in [-0.4, -0.2) is 28.6 Å². The van der Waals surface area contributed by atoms with Crippen molar-refractivity contribution < 1.29 is 14.3 Å². The summed E-state index contributed by atoms with van der Waals surface area (Å²) >= 11 is 0. The zero-order chi connectivity index (χ0) is 15.7. The Labute approximate surface area is 134 Å². The van der Waals surface area contributed by atoms with Crippen LogP contribution in [0.15, 0.2) is 16.9 Å². The third-order valence-electron chi connectivity index (χ3n) is 4.40. The lowest BCUT2D eigenvalue weighted by atomic mass is 9.90. The van der Waals surface area contributed by atoms with E-state index in [0.29, 0.717) is 18.0 Å². The average Bonchev–Trinajstić information content (AvgIpc) is 3.10. The van der Waals surface area contributed by atoms with Crippen LogP contribution in [0.1, 0.15) is 72.1 Å². The molecule has 2 heterocycles. The molecule has 0 aliphatic carbocycles. The molecule has 5 nitrogen and oxygen atoms in total. The van der Waals surface area contributed by atoms with Crippen LogP contribution in [0.25, 0.3) is 0 Å². The van der Waals surface area contributed by atoms with Gasteiger partial charge in [-0.05, 0) is 32.1 Å². The lowest BCUT2D eigenvalue weighted by molar-refractivity contribution is -0.122. The summed E-state index contributed by atoms with van der Waals surface area (Å²) in [6.07, 6.45) is 9.74. The van der Waals surface area contributed by atoms with E-state index >= 15 is 0 Å². The van der Waals surface area contributed by atoms with Gasteiger partial charge in [0.1, 0.15) is 6.26 Å². The van der Waals surface area contributed by atoms with Crippen molar-refractivity contribution in [2.24, 2.45) is 5.92 Å². The first-order valence-electron chi connectivity index (χ1n) is 7.89. The molecule has 1 fully saturated rings. The molecule has 1 aromatic rings. The number of oxazole rings is 1. The fourth-order valence-electron chi connectivity index (χ4n) is 3.18. The second kappa shape index (κ2) is 11.2. The van der Waals surface area contributed by atoms with Gasteiger partial charge in [0.25, 0.3) is 6.47 Å². The fraction of sp³-hybridized carbons (Fsp3) is 0.765. The van der Waals surface area contributed by atoms with E-state index in [2.05, 4.69) is 31.1 Å². The molecule has 0 bridgehead atoms. The van der Waals surface area contributed by atoms with Gasteiger partial charge in [0.2, 0.25) is 0 Å². The highest BCUT2D eigenvalue weighted by molar-refractivity contribution is 5.32. The van der Waals surface area contributed by atoms with Gasteiger partial charge in [-0.1, -0.05) is 34.1 Å². The molecule has 1 aliphatic rings. The Morgan fingerprint density at radius 3 is 2.64 bits per heavy atom. The van der Waals surface area contributed by atoms with Crippen molar-refractivity contribution in [1.29, 1.82) is 0 Å². The molecule has 0 aromatic carbocycles. The van der Waals surface area contributed by atoms with Gasteiger partial charge >= 0.3 is 0 Å². The van der Waals surface area contributed by atoms with Gasteiger partial charge < -0.3 is 14.8 Å². The molecule has 0 amide bonds. The third-order valence-corrected chi connectivity index (χ3v) is 4.40. The molecular weight excluding hydrogens is 280 g/mol. The lowest BCUT2D eigenvalue weighted by Crippen LogP contribution is -2.30. The molecule has 128 valence electrons. The fourth-order valence-corrected chi connectivity index (χ4v) is 3.18. The molecule has 0 spiro atoms. The monoisotopic (exact) mass is 312 g/mol. The van der Waals surface area contributed by atoms with Crippen molar-refractivity contribution in [3.63, 3.8) is 0 Å². The number of nitrogens with zero attached hydrogens (tertiary/aromatic N) is 1. The molecule has 1 aliphatic heterocycles. The summed E-state index contributed by atoms with van der Waals surface area (Å²) in [7, 11) is 0.